The normalized spacial score (nSPS) is 19.9. The Labute approximate surface area is 172 Å². The van der Waals surface area contributed by atoms with Gasteiger partial charge >= 0.3 is 0 Å². The smallest absolute Gasteiger partial charge is 0.228 e. The van der Waals surface area contributed by atoms with Crippen LogP contribution in [0.3, 0.4) is 0 Å². The number of carbonyl (C=O) groups is 1. The van der Waals surface area contributed by atoms with Gasteiger partial charge < -0.3 is 10.6 Å². The molecule has 1 saturated carbocycles. The molecule has 0 aromatic heterocycles. The minimum atomic E-state index is 0. The van der Waals surface area contributed by atoms with Crippen LogP contribution in [0.1, 0.15) is 30.4 Å². The molecule has 4 rings (SSSR count). The van der Waals surface area contributed by atoms with Crippen molar-refractivity contribution in [3.63, 3.8) is 0 Å². The molecule has 1 saturated heterocycles. The SMILES string of the molecule is Cl.O=C(Nc1cccc(CSCc2ccccc2)c1)C1CC12CCNCC2. The number of anilines is 1. The zero-order valence-corrected chi connectivity index (χ0v) is 17.1. The summed E-state index contributed by atoms with van der Waals surface area (Å²) in [7, 11) is 0. The van der Waals surface area contributed by atoms with E-state index in [1.54, 1.807) is 0 Å². The molecule has 1 aliphatic heterocycles. The van der Waals surface area contributed by atoms with Crippen molar-refractivity contribution in [2.45, 2.75) is 30.8 Å². The molecule has 5 heteroatoms. The summed E-state index contributed by atoms with van der Waals surface area (Å²) in [6.07, 6.45) is 3.34. The molecule has 2 aromatic rings. The van der Waals surface area contributed by atoms with Crippen LogP contribution in [-0.2, 0) is 16.3 Å². The van der Waals surface area contributed by atoms with Crippen LogP contribution in [0.2, 0.25) is 0 Å². The number of piperidine rings is 1. The quantitative estimate of drug-likeness (QED) is 0.724. The molecule has 27 heavy (non-hydrogen) atoms. The first-order chi connectivity index (χ1) is 12.8. The summed E-state index contributed by atoms with van der Waals surface area (Å²) in [4.78, 5) is 12.6. The summed E-state index contributed by atoms with van der Waals surface area (Å²) < 4.78 is 0. The molecule has 2 aliphatic rings. The van der Waals surface area contributed by atoms with Gasteiger partial charge in [-0.3, -0.25) is 4.79 Å². The minimum absolute atomic E-state index is 0. The molecule has 0 bridgehead atoms. The van der Waals surface area contributed by atoms with Crippen LogP contribution in [0.25, 0.3) is 0 Å². The van der Waals surface area contributed by atoms with Gasteiger partial charge in [0, 0.05) is 23.1 Å². The van der Waals surface area contributed by atoms with Crippen molar-refractivity contribution >= 4 is 35.8 Å². The van der Waals surface area contributed by atoms with Gasteiger partial charge in [-0.2, -0.15) is 11.8 Å². The fraction of sp³-hybridized carbons (Fsp3) is 0.409. The fourth-order valence-corrected chi connectivity index (χ4v) is 4.97. The first-order valence-electron chi connectivity index (χ1n) is 9.47. The Morgan fingerprint density at radius 1 is 1.04 bits per heavy atom. The molecule has 144 valence electrons. The lowest BCUT2D eigenvalue weighted by molar-refractivity contribution is -0.118. The molecular formula is C22H27ClN2OS. The van der Waals surface area contributed by atoms with Crippen LogP contribution in [-0.4, -0.2) is 19.0 Å². The van der Waals surface area contributed by atoms with Crippen molar-refractivity contribution < 1.29 is 4.79 Å². The van der Waals surface area contributed by atoms with Crippen molar-refractivity contribution in [2.75, 3.05) is 18.4 Å². The Morgan fingerprint density at radius 2 is 1.74 bits per heavy atom. The molecule has 1 spiro atoms. The zero-order chi connectivity index (χ0) is 17.8. The van der Waals surface area contributed by atoms with Crippen molar-refractivity contribution in [1.82, 2.24) is 5.32 Å². The molecule has 1 aliphatic carbocycles. The Bertz CT molecular complexity index is 762. The lowest BCUT2D eigenvalue weighted by Crippen LogP contribution is -2.31. The zero-order valence-electron chi connectivity index (χ0n) is 15.4. The summed E-state index contributed by atoms with van der Waals surface area (Å²) in [6, 6.07) is 18.8. The highest BCUT2D eigenvalue weighted by molar-refractivity contribution is 7.97. The van der Waals surface area contributed by atoms with E-state index in [1.165, 1.54) is 11.1 Å². The monoisotopic (exact) mass is 402 g/mol. The van der Waals surface area contributed by atoms with Crippen molar-refractivity contribution in [3.8, 4) is 0 Å². The predicted octanol–water partition coefficient (Wildman–Crippen LogP) is 4.87. The largest absolute Gasteiger partial charge is 0.326 e. The summed E-state index contributed by atoms with van der Waals surface area (Å²) in [5, 5.41) is 6.55. The first-order valence-corrected chi connectivity index (χ1v) is 10.6. The van der Waals surface area contributed by atoms with Gasteiger partial charge in [0.05, 0.1) is 0 Å². The molecule has 1 heterocycles. The average Bonchev–Trinajstić information content (AvgIpc) is 3.36. The molecule has 1 atom stereocenters. The Morgan fingerprint density at radius 3 is 2.52 bits per heavy atom. The Balaban J connectivity index is 0.00000210. The number of amides is 1. The van der Waals surface area contributed by atoms with Crippen LogP contribution in [0, 0.1) is 11.3 Å². The number of rotatable bonds is 6. The second kappa shape index (κ2) is 9.13. The van der Waals surface area contributed by atoms with Crippen molar-refractivity contribution in [2.24, 2.45) is 11.3 Å². The van der Waals surface area contributed by atoms with E-state index in [1.807, 2.05) is 30.0 Å². The van der Waals surface area contributed by atoms with E-state index in [2.05, 4.69) is 47.0 Å². The second-order valence-corrected chi connectivity index (χ2v) is 8.52. The highest BCUT2D eigenvalue weighted by atomic mass is 35.5. The average molecular weight is 403 g/mol. The summed E-state index contributed by atoms with van der Waals surface area (Å²) in [5.74, 6) is 2.38. The molecule has 2 N–H and O–H groups in total. The highest BCUT2D eigenvalue weighted by Crippen LogP contribution is 2.58. The standard InChI is InChI=1S/C22H26N2OS.ClH/c25-21(20-14-22(20)9-11-23-12-10-22)24-19-8-4-7-18(13-19)16-26-15-17-5-2-1-3-6-17;/h1-8,13,20,23H,9-12,14-16H2,(H,24,25);1H. The van der Waals surface area contributed by atoms with Gasteiger partial charge in [-0.25, -0.2) is 0 Å². The predicted molar refractivity (Wildman–Crippen MR) is 116 cm³/mol. The summed E-state index contributed by atoms with van der Waals surface area (Å²) in [5.41, 5.74) is 3.83. The van der Waals surface area contributed by atoms with E-state index < -0.39 is 0 Å². The number of halogens is 1. The van der Waals surface area contributed by atoms with Gasteiger partial charge in [0.25, 0.3) is 0 Å². The maximum atomic E-state index is 12.6. The molecule has 2 aromatic carbocycles. The van der Waals surface area contributed by atoms with E-state index >= 15 is 0 Å². The third-order valence-electron chi connectivity index (χ3n) is 5.68. The van der Waals surface area contributed by atoms with E-state index in [0.717, 1.165) is 49.5 Å². The van der Waals surface area contributed by atoms with E-state index in [4.69, 9.17) is 0 Å². The third kappa shape index (κ3) is 5.07. The first kappa shape index (κ1) is 20.2. The van der Waals surface area contributed by atoms with Gasteiger partial charge in [-0.1, -0.05) is 42.5 Å². The Kier molecular flexibility index (Phi) is 6.85. The number of hydrogen-bond donors (Lipinski definition) is 2. The van der Waals surface area contributed by atoms with Crippen LogP contribution in [0.5, 0.6) is 0 Å². The molecule has 2 fully saturated rings. The van der Waals surface area contributed by atoms with Gasteiger partial charge in [0.2, 0.25) is 5.91 Å². The van der Waals surface area contributed by atoms with E-state index in [0.29, 0.717) is 5.41 Å². The highest BCUT2D eigenvalue weighted by Gasteiger charge is 2.57. The van der Waals surface area contributed by atoms with E-state index in [-0.39, 0.29) is 24.2 Å². The van der Waals surface area contributed by atoms with Gasteiger partial charge in [-0.15, -0.1) is 12.4 Å². The maximum absolute atomic E-state index is 12.6. The van der Waals surface area contributed by atoms with Crippen LogP contribution >= 0.6 is 24.2 Å². The van der Waals surface area contributed by atoms with E-state index in [9.17, 15) is 4.79 Å². The molecule has 1 unspecified atom stereocenters. The number of thioether (sulfide) groups is 1. The number of hydrogen-bond acceptors (Lipinski definition) is 3. The van der Waals surface area contributed by atoms with Crippen molar-refractivity contribution in [3.05, 3.63) is 65.7 Å². The molecule has 1 amide bonds. The number of nitrogens with one attached hydrogen (secondary N) is 2. The molecular weight excluding hydrogens is 376 g/mol. The third-order valence-corrected chi connectivity index (χ3v) is 6.76. The second-order valence-electron chi connectivity index (χ2n) is 7.54. The fourth-order valence-electron chi connectivity index (χ4n) is 4.02. The number of benzene rings is 2. The van der Waals surface area contributed by atoms with Crippen LogP contribution in [0.4, 0.5) is 5.69 Å². The van der Waals surface area contributed by atoms with Gasteiger partial charge in [0.15, 0.2) is 0 Å². The minimum Gasteiger partial charge on any atom is -0.326 e. The van der Waals surface area contributed by atoms with Crippen LogP contribution in [0.15, 0.2) is 54.6 Å². The van der Waals surface area contributed by atoms with Crippen LogP contribution < -0.4 is 10.6 Å². The molecule has 0 radical (unpaired) electrons. The van der Waals surface area contributed by atoms with Crippen molar-refractivity contribution in [1.29, 1.82) is 0 Å². The summed E-state index contributed by atoms with van der Waals surface area (Å²) in [6.45, 7) is 2.11. The number of carbonyl (C=O) groups excluding carboxylic acids is 1. The molecule has 3 nitrogen and oxygen atoms in total. The van der Waals surface area contributed by atoms with Gasteiger partial charge in [-0.05, 0) is 61.0 Å². The Hall–Kier alpha value is -1.49. The summed E-state index contributed by atoms with van der Waals surface area (Å²) >= 11 is 1.90. The van der Waals surface area contributed by atoms with Gasteiger partial charge in [0.1, 0.15) is 0 Å². The lowest BCUT2D eigenvalue weighted by Gasteiger charge is -2.23. The topological polar surface area (TPSA) is 41.1 Å². The maximum Gasteiger partial charge on any atom is 0.228 e. The lowest BCUT2D eigenvalue weighted by atomic mass is 9.92.